The summed E-state index contributed by atoms with van der Waals surface area (Å²) in [5, 5.41) is 16.1. The van der Waals surface area contributed by atoms with Gasteiger partial charge in [-0.3, -0.25) is 10.3 Å². The van der Waals surface area contributed by atoms with Gasteiger partial charge in [0.1, 0.15) is 17.5 Å². The molecule has 0 amide bonds. The van der Waals surface area contributed by atoms with Crippen LogP contribution < -0.4 is 4.90 Å². The van der Waals surface area contributed by atoms with E-state index in [2.05, 4.69) is 83.8 Å². The molecule has 4 nitrogen and oxygen atoms in total. The first kappa shape index (κ1) is 24.6. The predicted octanol–water partition coefficient (Wildman–Crippen LogP) is 10.8. The molecule has 0 unspecified atom stereocenters. The number of furan rings is 1. The van der Waals surface area contributed by atoms with Gasteiger partial charge in [0.2, 0.25) is 0 Å². The Morgan fingerprint density at radius 3 is 2.16 bits per heavy atom. The molecule has 0 radical (unpaired) electrons. The number of para-hydroxylation sites is 2. The Balaban J connectivity index is 1.21. The first-order valence-electron chi connectivity index (χ1n) is 14.7. The van der Waals surface area contributed by atoms with E-state index < -0.39 is 0 Å². The molecule has 1 aliphatic rings. The van der Waals surface area contributed by atoms with Crippen molar-refractivity contribution >= 4 is 72.6 Å². The molecule has 1 aromatic heterocycles. The van der Waals surface area contributed by atoms with E-state index in [-0.39, 0.29) is 0 Å². The zero-order valence-corrected chi connectivity index (χ0v) is 23.7. The molecule has 2 heterocycles. The summed E-state index contributed by atoms with van der Waals surface area (Å²) in [6, 6.07) is 47.8. The third-order valence-corrected chi connectivity index (χ3v) is 8.71. The number of fused-ring (bicyclic) bond motifs is 6. The largest absolute Gasteiger partial charge is 0.456 e. The van der Waals surface area contributed by atoms with Crippen LogP contribution >= 0.6 is 0 Å². The van der Waals surface area contributed by atoms with E-state index in [4.69, 9.17) is 9.41 Å². The van der Waals surface area contributed by atoms with Crippen LogP contribution in [0.25, 0.3) is 54.6 Å². The van der Waals surface area contributed by atoms with Crippen LogP contribution in [0.1, 0.15) is 11.1 Å². The summed E-state index contributed by atoms with van der Waals surface area (Å²) in [6.07, 6.45) is 1.91. The first-order valence-corrected chi connectivity index (χ1v) is 14.7. The fourth-order valence-electron chi connectivity index (χ4n) is 6.69. The summed E-state index contributed by atoms with van der Waals surface area (Å²) in [4.78, 5) is 7.28. The third kappa shape index (κ3) is 3.64. The van der Waals surface area contributed by atoms with Gasteiger partial charge in [0.05, 0.1) is 22.8 Å². The second-order valence-corrected chi connectivity index (χ2v) is 11.2. The molecule has 0 fully saturated rings. The maximum absolute atomic E-state index is 9.40. The van der Waals surface area contributed by atoms with Gasteiger partial charge in [-0.15, -0.1) is 0 Å². The highest BCUT2D eigenvalue weighted by atomic mass is 16.3. The van der Waals surface area contributed by atoms with Crippen LogP contribution in [0.3, 0.4) is 0 Å². The molecule has 1 N–H and O–H groups in total. The minimum atomic E-state index is 0.410. The van der Waals surface area contributed by atoms with Crippen molar-refractivity contribution < 1.29 is 4.42 Å². The Bertz CT molecular complexity index is 2480. The van der Waals surface area contributed by atoms with Crippen LogP contribution in [0.4, 0.5) is 17.1 Å². The lowest BCUT2D eigenvalue weighted by molar-refractivity contribution is 0.669. The molecular formula is C40H25N3O. The zero-order valence-electron chi connectivity index (χ0n) is 23.7. The minimum absolute atomic E-state index is 0.410. The molecule has 0 saturated heterocycles. The molecule has 9 rings (SSSR count). The van der Waals surface area contributed by atoms with Crippen LogP contribution in [0.2, 0.25) is 0 Å². The van der Waals surface area contributed by atoms with Gasteiger partial charge in [-0.05, 0) is 58.1 Å². The number of nitrogens with zero attached hydrogens (tertiary/aromatic N) is 2. The fourth-order valence-corrected chi connectivity index (χ4v) is 6.69. The van der Waals surface area contributed by atoms with Gasteiger partial charge in [-0.2, -0.15) is 0 Å². The molecule has 4 heteroatoms. The van der Waals surface area contributed by atoms with Gasteiger partial charge in [0.25, 0.3) is 0 Å². The van der Waals surface area contributed by atoms with Gasteiger partial charge in [-0.25, -0.2) is 4.99 Å². The average Bonchev–Trinajstić information content (AvgIpc) is 3.46. The van der Waals surface area contributed by atoms with E-state index in [1.54, 1.807) is 0 Å². The molecule has 0 atom stereocenters. The minimum Gasteiger partial charge on any atom is -0.456 e. The van der Waals surface area contributed by atoms with Gasteiger partial charge < -0.3 is 4.42 Å². The van der Waals surface area contributed by atoms with Crippen LogP contribution in [0.5, 0.6) is 0 Å². The Kier molecular flexibility index (Phi) is 5.32. The zero-order chi connectivity index (χ0) is 29.2. The summed E-state index contributed by atoms with van der Waals surface area (Å²) in [6.45, 7) is 0. The summed E-state index contributed by atoms with van der Waals surface area (Å²) in [5.74, 6) is 0. The number of nitrogens with one attached hydrogen (secondary N) is 1. The summed E-state index contributed by atoms with van der Waals surface area (Å²) < 4.78 is 6.12. The van der Waals surface area contributed by atoms with Crippen molar-refractivity contribution in [1.82, 2.24) is 0 Å². The Morgan fingerprint density at radius 1 is 0.568 bits per heavy atom. The van der Waals surface area contributed by atoms with Gasteiger partial charge in [0, 0.05) is 32.8 Å². The lowest BCUT2D eigenvalue weighted by atomic mass is 9.90. The topological polar surface area (TPSA) is 52.6 Å². The number of aliphatic imine (C=N–C) groups is 1. The van der Waals surface area contributed by atoms with Crippen molar-refractivity contribution in [2.75, 3.05) is 4.90 Å². The number of anilines is 2. The Morgan fingerprint density at radius 2 is 1.25 bits per heavy atom. The van der Waals surface area contributed by atoms with Gasteiger partial charge in [-0.1, -0.05) is 103 Å². The molecule has 44 heavy (non-hydrogen) atoms. The van der Waals surface area contributed by atoms with Crippen LogP contribution in [0.15, 0.2) is 149 Å². The summed E-state index contributed by atoms with van der Waals surface area (Å²) in [5.41, 5.74) is 8.90. The Labute approximate surface area is 253 Å². The first-order chi connectivity index (χ1) is 21.7. The van der Waals surface area contributed by atoms with Crippen molar-refractivity contribution in [3.8, 4) is 11.1 Å². The highest BCUT2D eigenvalue weighted by molar-refractivity contribution is 6.24. The Hall–Kier alpha value is -6.00. The summed E-state index contributed by atoms with van der Waals surface area (Å²) >= 11 is 0. The smallest absolute Gasteiger partial charge is 0.136 e. The molecule has 0 saturated carbocycles. The van der Waals surface area contributed by atoms with E-state index in [0.717, 1.165) is 50.1 Å². The van der Waals surface area contributed by atoms with Crippen molar-refractivity contribution in [3.63, 3.8) is 0 Å². The van der Waals surface area contributed by atoms with E-state index in [1.165, 1.54) is 32.7 Å². The molecule has 0 bridgehead atoms. The molecule has 1 aliphatic heterocycles. The quantitative estimate of drug-likeness (QED) is 0.171. The maximum atomic E-state index is 9.40. The van der Waals surface area contributed by atoms with E-state index in [1.807, 2.05) is 67.0 Å². The number of rotatable bonds is 4. The van der Waals surface area contributed by atoms with Crippen LogP contribution in [-0.4, -0.2) is 12.1 Å². The number of benzene rings is 7. The summed E-state index contributed by atoms with van der Waals surface area (Å²) in [7, 11) is 0. The fraction of sp³-hybridized carbons (Fsp3) is 0. The molecule has 0 aliphatic carbocycles. The highest BCUT2D eigenvalue weighted by Crippen LogP contribution is 2.48. The second kappa shape index (κ2) is 9.51. The van der Waals surface area contributed by atoms with E-state index in [0.29, 0.717) is 5.71 Å². The van der Waals surface area contributed by atoms with Crippen LogP contribution in [0, 0.1) is 5.41 Å². The van der Waals surface area contributed by atoms with Gasteiger partial charge >= 0.3 is 0 Å². The molecule has 7 aromatic carbocycles. The molecule has 0 spiro atoms. The normalized spacial score (nSPS) is 12.5. The number of hydrogen-bond acceptors (Lipinski definition) is 3. The monoisotopic (exact) mass is 563 g/mol. The standard InChI is InChI=1S/C40H25N3O/c41-40(31-17-9-21-37-39(31)30-15-4-6-20-36(30)44-37)29-14-3-5-18-33(29)42-24-43-34-19-8-13-25-12-7-16-28(38(25)34)32-22-26-10-1-2-11-27(26)23-35(32)43/h1-24,41H/b41-40?,42-24+. The molecular weight excluding hydrogens is 538 g/mol. The highest BCUT2D eigenvalue weighted by Gasteiger charge is 2.24. The molecule has 8 aromatic rings. The lowest BCUT2D eigenvalue weighted by Gasteiger charge is -2.30. The van der Waals surface area contributed by atoms with Crippen molar-refractivity contribution in [2.24, 2.45) is 4.99 Å². The van der Waals surface area contributed by atoms with E-state index in [9.17, 15) is 5.41 Å². The SMILES string of the molecule is N=C(c1ccccc1/N=C/N1c2cc3ccccc3cc2-c2cccc3cccc1c23)c1cccc2oc3ccccc3c12. The maximum Gasteiger partial charge on any atom is 0.136 e. The molecule has 206 valence electrons. The third-order valence-electron chi connectivity index (χ3n) is 8.71. The second-order valence-electron chi connectivity index (χ2n) is 11.2. The van der Waals surface area contributed by atoms with Gasteiger partial charge in [0.15, 0.2) is 0 Å². The number of hydrogen-bond donors (Lipinski definition) is 1. The van der Waals surface area contributed by atoms with Crippen molar-refractivity contribution in [3.05, 3.63) is 151 Å². The average molecular weight is 564 g/mol. The van der Waals surface area contributed by atoms with Crippen molar-refractivity contribution in [2.45, 2.75) is 0 Å². The lowest BCUT2D eigenvalue weighted by Crippen LogP contribution is -2.18. The van der Waals surface area contributed by atoms with Crippen molar-refractivity contribution in [1.29, 1.82) is 5.41 Å². The van der Waals surface area contributed by atoms with Crippen LogP contribution in [-0.2, 0) is 0 Å². The predicted molar refractivity (Wildman–Crippen MR) is 183 cm³/mol. The van der Waals surface area contributed by atoms with E-state index >= 15 is 0 Å².